The lowest BCUT2D eigenvalue weighted by atomic mass is 10.1. The predicted molar refractivity (Wildman–Crippen MR) is 124 cm³/mol. The molecule has 28 heavy (non-hydrogen) atoms. The fraction of sp³-hybridized carbons (Fsp3) is 0.130. The van der Waals surface area contributed by atoms with E-state index < -0.39 is 0 Å². The Morgan fingerprint density at radius 2 is 1.46 bits per heavy atom. The Labute approximate surface area is 181 Å². The molecule has 3 aromatic rings. The molecule has 1 unspecified atom stereocenters. The molecule has 1 atom stereocenters. The minimum atomic E-state index is -0.185. The smallest absolute Gasteiger partial charge is 0.216 e. The van der Waals surface area contributed by atoms with E-state index in [1.807, 2.05) is 67.6 Å². The first kappa shape index (κ1) is 22.2. The van der Waals surface area contributed by atoms with Crippen molar-refractivity contribution in [2.24, 2.45) is 0 Å². The normalized spacial score (nSPS) is 11.0. The summed E-state index contributed by atoms with van der Waals surface area (Å²) in [6, 6.07) is 26.6. The van der Waals surface area contributed by atoms with Crippen molar-refractivity contribution in [3.05, 3.63) is 107 Å². The molecule has 0 spiro atoms. The Kier molecular flexibility index (Phi) is 9.21. The molecule has 2 nitrogen and oxygen atoms in total. The first-order chi connectivity index (χ1) is 13.5. The van der Waals surface area contributed by atoms with Gasteiger partial charge in [-0.15, -0.1) is 12.6 Å². The molecule has 0 fully saturated rings. The molecule has 0 aliphatic rings. The van der Waals surface area contributed by atoms with Crippen LogP contribution in [-0.2, 0) is 11.2 Å². The van der Waals surface area contributed by atoms with Crippen LogP contribution < -0.4 is 0 Å². The summed E-state index contributed by atoms with van der Waals surface area (Å²) in [6.07, 6.45) is 0.889. The van der Waals surface area contributed by atoms with Gasteiger partial charge in [-0.05, 0) is 49.0 Å². The van der Waals surface area contributed by atoms with Gasteiger partial charge in [0, 0.05) is 22.6 Å². The van der Waals surface area contributed by atoms with Crippen molar-refractivity contribution in [1.29, 1.82) is 0 Å². The third-order valence-electron chi connectivity index (χ3n) is 3.77. The molecule has 0 amide bonds. The van der Waals surface area contributed by atoms with E-state index in [1.165, 1.54) is 5.56 Å². The molecule has 0 heterocycles. The van der Waals surface area contributed by atoms with Crippen LogP contribution in [-0.4, -0.2) is 16.3 Å². The molecule has 144 valence electrons. The zero-order valence-corrected chi connectivity index (χ0v) is 17.9. The number of ether oxygens (including phenoxy) is 1. The highest BCUT2D eigenvalue weighted by Gasteiger charge is 2.09. The zero-order chi connectivity index (χ0) is 20.4. The minimum absolute atomic E-state index is 0.0468. The molecule has 0 bridgehead atoms. The number of carbonyl (C=O) groups is 1. The van der Waals surface area contributed by atoms with Crippen LogP contribution in [0.2, 0.25) is 5.02 Å². The van der Waals surface area contributed by atoms with Gasteiger partial charge < -0.3 is 4.74 Å². The number of benzene rings is 3. The molecule has 3 aromatic carbocycles. The number of thiocarbonyl (C=S) groups is 1. The van der Waals surface area contributed by atoms with Crippen molar-refractivity contribution in [3.8, 4) is 0 Å². The predicted octanol–water partition coefficient (Wildman–Crippen LogP) is 6.42. The largest absolute Gasteiger partial charge is 0.480 e. The van der Waals surface area contributed by atoms with Gasteiger partial charge in [0.15, 0.2) is 5.05 Å². The molecule has 0 aliphatic heterocycles. The van der Waals surface area contributed by atoms with Gasteiger partial charge >= 0.3 is 0 Å². The van der Waals surface area contributed by atoms with E-state index in [-0.39, 0.29) is 11.2 Å². The lowest BCUT2D eigenvalue weighted by Crippen LogP contribution is -2.16. The van der Waals surface area contributed by atoms with Gasteiger partial charge in [-0.3, -0.25) is 4.79 Å². The number of carbonyl (C=O) groups excluding carboxylic acids is 1. The van der Waals surface area contributed by atoms with Crippen LogP contribution >= 0.6 is 36.4 Å². The minimum Gasteiger partial charge on any atom is -0.480 e. The van der Waals surface area contributed by atoms with E-state index in [9.17, 15) is 4.79 Å². The van der Waals surface area contributed by atoms with Crippen molar-refractivity contribution in [2.45, 2.75) is 19.4 Å². The third-order valence-corrected chi connectivity index (χ3v) is 4.62. The zero-order valence-electron chi connectivity index (χ0n) is 15.4. The SMILES string of the molecule is CC(Cc1ccccc1)OC(=S)c1ccc(Cl)cc1.O=C(S)c1ccccc1. The van der Waals surface area contributed by atoms with Crippen LogP contribution in [0.5, 0.6) is 0 Å². The third kappa shape index (κ3) is 7.85. The lowest BCUT2D eigenvalue weighted by Gasteiger charge is -2.15. The number of rotatable bonds is 5. The lowest BCUT2D eigenvalue weighted by molar-refractivity contribution is 0.109. The van der Waals surface area contributed by atoms with E-state index in [1.54, 1.807) is 12.1 Å². The standard InChI is InChI=1S/C16H15ClOS.C7H6OS/c1-12(11-13-5-3-2-4-6-13)18-16(19)14-7-9-15(17)10-8-14;8-7(9)6-4-2-1-3-5-6/h2-10,12H,11H2,1H3;1-5H,(H,8,9). The maximum Gasteiger partial charge on any atom is 0.216 e. The quantitative estimate of drug-likeness (QED) is 0.375. The second-order valence-electron chi connectivity index (χ2n) is 6.08. The summed E-state index contributed by atoms with van der Waals surface area (Å²) in [5, 5.41) is 1.03. The first-order valence-electron chi connectivity index (χ1n) is 8.74. The van der Waals surface area contributed by atoms with Gasteiger partial charge in [0.2, 0.25) is 5.12 Å². The number of hydrogen-bond acceptors (Lipinski definition) is 3. The van der Waals surface area contributed by atoms with Crippen molar-refractivity contribution >= 4 is 46.6 Å². The Balaban J connectivity index is 0.000000261. The Bertz CT molecular complexity index is 881. The highest BCUT2D eigenvalue weighted by Crippen LogP contribution is 2.13. The molecule has 0 saturated heterocycles. The van der Waals surface area contributed by atoms with E-state index in [4.69, 9.17) is 28.6 Å². The summed E-state index contributed by atoms with van der Waals surface area (Å²) < 4.78 is 5.77. The van der Waals surface area contributed by atoms with E-state index in [2.05, 4.69) is 24.8 Å². The Morgan fingerprint density at radius 3 is 1.96 bits per heavy atom. The molecule has 5 heteroatoms. The summed E-state index contributed by atoms with van der Waals surface area (Å²) in [4.78, 5) is 10.5. The van der Waals surface area contributed by atoms with Crippen molar-refractivity contribution in [2.75, 3.05) is 0 Å². The van der Waals surface area contributed by atoms with Gasteiger partial charge in [0.25, 0.3) is 0 Å². The summed E-state index contributed by atoms with van der Waals surface area (Å²) >= 11 is 14.8. The summed E-state index contributed by atoms with van der Waals surface area (Å²) in [7, 11) is 0. The van der Waals surface area contributed by atoms with Gasteiger partial charge in [-0.1, -0.05) is 72.3 Å². The summed E-state index contributed by atoms with van der Waals surface area (Å²) in [5.74, 6) is 0. The second kappa shape index (κ2) is 11.6. The van der Waals surface area contributed by atoms with Crippen LogP contribution in [0.4, 0.5) is 0 Å². The van der Waals surface area contributed by atoms with Crippen LogP contribution in [0.3, 0.4) is 0 Å². The molecule has 0 N–H and O–H groups in total. The first-order valence-corrected chi connectivity index (χ1v) is 9.98. The Hall–Kier alpha value is -2.14. The molecule has 0 aromatic heterocycles. The molecular weight excluding hydrogens is 408 g/mol. The monoisotopic (exact) mass is 428 g/mol. The summed E-state index contributed by atoms with van der Waals surface area (Å²) in [5.41, 5.74) is 2.77. The van der Waals surface area contributed by atoms with Gasteiger partial charge in [-0.25, -0.2) is 0 Å². The van der Waals surface area contributed by atoms with Crippen molar-refractivity contribution < 1.29 is 9.53 Å². The fourth-order valence-corrected chi connectivity index (χ4v) is 2.98. The van der Waals surface area contributed by atoms with Crippen molar-refractivity contribution in [3.63, 3.8) is 0 Å². The maximum atomic E-state index is 10.5. The molecule has 0 radical (unpaired) electrons. The molecule has 3 rings (SSSR count). The van der Waals surface area contributed by atoms with Crippen LogP contribution in [0.1, 0.15) is 28.4 Å². The molecule has 0 saturated carbocycles. The fourth-order valence-electron chi connectivity index (χ4n) is 2.41. The van der Waals surface area contributed by atoms with Crippen molar-refractivity contribution in [1.82, 2.24) is 0 Å². The average molecular weight is 429 g/mol. The van der Waals surface area contributed by atoms with E-state index in [0.717, 1.165) is 12.0 Å². The average Bonchev–Trinajstić information content (AvgIpc) is 2.70. The second-order valence-corrected chi connectivity index (χ2v) is 7.30. The van der Waals surface area contributed by atoms with Gasteiger partial charge in [-0.2, -0.15) is 0 Å². The van der Waals surface area contributed by atoms with E-state index >= 15 is 0 Å². The van der Waals surface area contributed by atoms with Crippen LogP contribution in [0, 0.1) is 0 Å². The topological polar surface area (TPSA) is 26.3 Å². The highest BCUT2D eigenvalue weighted by molar-refractivity contribution is 7.97. The maximum absolute atomic E-state index is 10.5. The number of halogens is 1. The summed E-state index contributed by atoms with van der Waals surface area (Å²) in [6.45, 7) is 2.02. The van der Waals surface area contributed by atoms with E-state index in [0.29, 0.717) is 15.6 Å². The highest BCUT2D eigenvalue weighted by atomic mass is 35.5. The van der Waals surface area contributed by atoms with Gasteiger partial charge in [0.1, 0.15) is 6.10 Å². The van der Waals surface area contributed by atoms with Crippen LogP contribution in [0.15, 0.2) is 84.9 Å². The number of hydrogen-bond donors (Lipinski definition) is 1. The van der Waals surface area contributed by atoms with Gasteiger partial charge in [0.05, 0.1) is 0 Å². The van der Waals surface area contributed by atoms with Crippen LogP contribution in [0.25, 0.3) is 0 Å². The molecular formula is C23H21ClO2S2. The number of thiol groups is 1. The molecule has 0 aliphatic carbocycles. The Morgan fingerprint density at radius 1 is 0.929 bits per heavy atom.